The number of tetrazole rings is 2. The van der Waals surface area contributed by atoms with Crippen LogP contribution < -0.4 is 5.73 Å². The Morgan fingerprint density at radius 3 is 2.85 bits per heavy atom. The zero-order valence-corrected chi connectivity index (χ0v) is 10.2. The summed E-state index contributed by atoms with van der Waals surface area (Å²) in [6.07, 6.45) is 1.46. The molecule has 2 heterocycles. The number of carbonyl (C=O) groups is 1. The third-order valence-corrected chi connectivity index (χ3v) is 2.49. The van der Waals surface area contributed by atoms with Crippen LogP contribution in [0, 0.1) is 0 Å². The molecule has 0 radical (unpaired) electrons. The first kappa shape index (κ1) is 11.9. The van der Waals surface area contributed by atoms with E-state index in [0.717, 1.165) is 4.80 Å². The van der Waals surface area contributed by atoms with E-state index in [9.17, 15) is 4.79 Å². The molecule has 1 amide bonds. The maximum atomic E-state index is 10.8. The Bertz CT molecular complexity index is 733. The van der Waals surface area contributed by atoms with Crippen molar-refractivity contribution in [2.24, 2.45) is 5.73 Å². The van der Waals surface area contributed by atoms with Crippen LogP contribution in [0.5, 0.6) is 0 Å². The monoisotopic (exact) mass is 271 g/mol. The van der Waals surface area contributed by atoms with Gasteiger partial charge >= 0.3 is 0 Å². The molecular formula is C10H9N9O. The quantitative estimate of drug-likeness (QED) is 0.630. The van der Waals surface area contributed by atoms with Crippen LogP contribution in [0.3, 0.4) is 0 Å². The molecule has 0 unspecified atom stereocenters. The predicted octanol–water partition coefficient (Wildman–Crippen LogP) is -1.20. The minimum absolute atomic E-state index is 0.125. The van der Waals surface area contributed by atoms with Crippen molar-refractivity contribution in [3.63, 3.8) is 0 Å². The smallest absolute Gasteiger partial charge is 0.241 e. The van der Waals surface area contributed by atoms with Gasteiger partial charge in [-0.1, -0.05) is 12.1 Å². The van der Waals surface area contributed by atoms with Gasteiger partial charge in [0.25, 0.3) is 0 Å². The molecule has 100 valence electrons. The van der Waals surface area contributed by atoms with Crippen molar-refractivity contribution in [2.75, 3.05) is 0 Å². The summed E-state index contributed by atoms with van der Waals surface area (Å²) in [5.41, 5.74) is 6.48. The number of hydrogen-bond acceptors (Lipinski definition) is 7. The summed E-state index contributed by atoms with van der Waals surface area (Å²) >= 11 is 0. The van der Waals surface area contributed by atoms with Gasteiger partial charge in [-0.15, -0.1) is 15.3 Å². The van der Waals surface area contributed by atoms with Crippen molar-refractivity contribution < 1.29 is 4.79 Å². The number of rotatable bonds is 4. The zero-order chi connectivity index (χ0) is 13.9. The van der Waals surface area contributed by atoms with E-state index in [-0.39, 0.29) is 6.54 Å². The van der Waals surface area contributed by atoms with Gasteiger partial charge in [-0.3, -0.25) is 4.79 Å². The highest BCUT2D eigenvalue weighted by Gasteiger charge is 2.13. The van der Waals surface area contributed by atoms with Crippen molar-refractivity contribution in [3.05, 3.63) is 30.6 Å². The summed E-state index contributed by atoms with van der Waals surface area (Å²) in [7, 11) is 0. The lowest BCUT2D eigenvalue weighted by molar-refractivity contribution is -0.118. The molecule has 0 aliphatic carbocycles. The van der Waals surface area contributed by atoms with Gasteiger partial charge in [0.1, 0.15) is 12.9 Å². The molecule has 2 N–H and O–H groups in total. The molecule has 0 saturated heterocycles. The highest BCUT2D eigenvalue weighted by molar-refractivity contribution is 5.73. The second-order valence-corrected chi connectivity index (χ2v) is 3.88. The van der Waals surface area contributed by atoms with E-state index in [1.807, 2.05) is 24.3 Å². The highest BCUT2D eigenvalue weighted by atomic mass is 16.1. The minimum Gasteiger partial charge on any atom is -0.368 e. The molecule has 10 nitrogen and oxygen atoms in total. The average Bonchev–Trinajstić information content (AvgIpc) is 3.09. The first-order valence-corrected chi connectivity index (χ1v) is 5.63. The second-order valence-electron chi connectivity index (χ2n) is 3.88. The molecule has 0 aliphatic rings. The number of benzene rings is 1. The lowest BCUT2D eigenvalue weighted by Gasteiger charge is -2.03. The van der Waals surface area contributed by atoms with Crippen LogP contribution in [0.2, 0.25) is 0 Å². The third-order valence-electron chi connectivity index (χ3n) is 2.49. The third kappa shape index (κ3) is 2.21. The summed E-state index contributed by atoms with van der Waals surface area (Å²) in [5.74, 6) is -0.180. The van der Waals surface area contributed by atoms with E-state index in [0.29, 0.717) is 17.1 Å². The number of nitrogens with zero attached hydrogens (tertiary/aromatic N) is 8. The second kappa shape index (κ2) is 4.84. The van der Waals surface area contributed by atoms with Gasteiger partial charge in [0.15, 0.2) is 0 Å². The lowest BCUT2D eigenvalue weighted by Crippen LogP contribution is -2.20. The van der Waals surface area contributed by atoms with Crippen LogP contribution in [0.25, 0.3) is 17.1 Å². The van der Waals surface area contributed by atoms with Crippen molar-refractivity contribution in [1.29, 1.82) is 0 Å². The predicted molar refractivity (Wildman–Crippen MR) is 65.2 cm³/mol. The van der Waals surface area contributed by atoms with Gasteiger partial charge < -0.3 is 5.73 Å². The Kier molecular flexibility index (Phi) is 2.88. The van der Waals surface area contributed by atoms with E-state index < -0.39 is 5.91 Å². The summed E-state index contributed by atoms with van der Waals surface area (Å²) in [6, 6.07) is 7.30. The van der Waals surface area contributed by atoms with Gasteiger partial charge in [-0.2, -0.15) is 9.48 Å². The minimum atomic E-state index is -0.539. The molecule has 2 aromatic heterocycles. The maximum absolute atomic E-state index is 10.8. The molecule has 0 aliphatic heterocycles. The Labute approximate surface area is 112 Å². The Morgan fingerprint density at radius 2 is 2.10 bits per heavy atom. The fraction of sp³-hybridized carbons (Fsp3) is 0.100. The Balaban J connectivity index is 2.02. The van der Waals surface area contributed by atoms with Crippen LogP contribution in [0.4, 0.5) is 0 Å². The topological polar surface area (TPSA) is 130 Å². The molecule has 0 saturated carbocycles. The molecule has 3 rings (SSSR count). The summed E-state index contributed by atoms with van der Waals surface area (Å²) in [5, 5.41) is 22.8. The van der Waals surface area contributed by atoms with Crippen LogP contribution in [0.1, 0.15) is 0 Å². The largest absolute Gasteiger partial charge is 0.368 e. The van der Waals surface area contributed by atoms with Crippen molar-refractivity contribution in [3.8, 4) is 17.1 Å². The first-order chi connectivity index (χ1) is 9.74. The van der Waals surface area contributed by atoms with E-state index in [1.54, 1.807) is 0 Å². The van der Waals surface area contributed by atoms with E-state index in [4.69, 9.17) is 5.73 Å². The molecule has 0 bridgehead atoms. The molecule has 1 aromatic carbocycles. The van der Waals surface area contributed by atoms with E-state index in [2.05, 4.69) is 30.9 Å². The summed E-state index contributed by atoms with van der Waals surface area (Å²) < 4.78 is 1.49. The molecule has 10 heteroatoms. The number of nitrogens with two attached hydrogens (primary N) is 1. The summed E-state index contributed by atoms with van der Waals surface area (Å²) in [4.78, 5) is 12.0. The van der Waals surface area contributed by atoms with Crippen molar-refractivity contribution in [2.45, 2.75) is 6.54 Å². The molecule has 0 spiro atoms. The highest BCUT2D eigenvalue weighted by Crippen LogP contribution is 2.21. The molecule has 0 atom stereocenters. The molecule has 3 aromatic rings. The van der Waals surface area contributed by atoms with Gasteiger partial charge in [0, 0.05) is 5.56 Å². The zero-order valence-electron chi connectivity index (χ0n) is 10.2. The average molecular weight is 271 g/mol. The normalized spacial score (nSPS) is 10.6. The molecule has 20 heavy (non-hydrogen) atoms. The van der Waals surface area contributed by atoms with Crippen molar-refractivity contribution >= 4 is 5.91 Å². The van der Waals surface area contributed by atoms with Crippen LogP contribution in [-0.2, 0) is 11.3 Å². The van der Waals surface area contributed by atoms with Gasteiger partial charge in [-0.05, 0) is 27.8 Å². The maximum Gasteiger partial charge on any atom is 0.241 e. The van der Waals surface area contributed by atoms with Gasteiger partial charge in [0.05, 0.1) is 5.69 Å². The van der Waals surface area contributed by atoms with E-state index >= 15 is 0 Å². The number of primary amides is 1. The van der Waals surface area contributed by atoms with Crippen LogP contribution in [0.15, 0.2) is 30.6 Å². The SMILES string of the molecule is NC(=O)Cn1nnc(-c2ccccc2-n2cnnn2)n1. The molecule has 0 fully saturated rings. The fourth-order valence-corrected chi connectivity index (χ4v) is 1.69. The van der Waals surface area contributed by atoms with Crippen LogP contribution in [-0.4, -0.2) is 46.3 Å². The Morgan fingerprint density at radius 1 is 1.25 bits per heavy atom. The molecular weight excluding hydrogens is 262 g/mol. The summed E-state index contributed by atoms with van der Waals surface area (Å²) in [6.45, 7) is -0.125. The number of para-hydroxylation sites is 1. The van der Waals surface area contributed by atoms with Crippen molar-refractivity contribution in [1.82, 2.24) is 40.4 Å². The fourth-order valence-electron chi connectivity index (χ4n) is 1.69. The lowest BCUT2D eigenvalue weighted by atomic mass is 10.1. The number of aromatic nitrogens is 8. The first-order valence-electron chi connectivity index (χ1n) is 5.63. The van der Waals surface area contributed by atoms with Crippen LogP contribution >= 0.6 is 0 Å². The van der Waals surface area contributed by atoms with Gasteiger partial charge in [-0.25, -0.2) is 0 Å². The number of carbonyl (C=O) groups excluding carboxylic acids is 1. The van der Waals surface area contributed by atoms with E-state index in [1.165, 1.54) is 11.0 Å². The number of hydrogen-bond donors (Lipinski definition) is 1. The standard InChI is InChI=1S/C10H9N9O/c11-9(20)5-19-14-10(13-16-19)7-3-1-2-4-8(7)18-6-12-15-17-18/h1-4,6H,5H2,(H2,11,20). The number of amides is 1. The Hall–Kier alpha value is -3.17. The van der Waals surface area contributed by atoms with Gasteiger partial charge in [0.2, 0.25) is 11.7 Å².